The van der Waals surface area contributed by atoms with Crippen LogP contribution in [0.4, 0.5) is 0 Å². The third-order valence-electron chi connectivity index (χ3n) is 3.55. The molecule has 1 unspecified atom stereocenters. The maximum atomic E-state index is 11.4. The Hall–Kier alpha value is -0.870. The largest absolute Gasteiger partial charge is 0.294 e. The highest BCUT2D eigenvalue weighted by Gasteiger charge is 2.18. The van der Waals surface area contributed by atoms with Gasteiger partial charge < -0.3 is 0 Å². The highest BCUT2D eigenvalue weighted by Crippen LogP contribution is 2.24. The summed E-state index contributed by atoms with van der Waals surface area (Å²) in [6.45, 7) is 6.22. The molecule has 1 atom stereocenters. The first kappa shape index (κ1) is 16.2. The van der Waals surface area contributed by atoms with Gasteiger partial charge >= 0.3 is 0 Å². The fourth-order valence-corrected chi connectivity index (χ4v) is 3.09. The van der Waals surface area contributed by atoms with E-state index in [4.69, 9.17) is 0 Å². The van der Waals surface area contributed by atoms with Crippen molar-refractivity contribution in [2.75, 3.05) is 0 Å². The van der Waals surface area contributed by atoms with E-state index in [1.807, 2.05) is 13.0 Å². The molecular weight excluding hydrogens is 260 g/mol. The maximum Gasteiger partial charge on any atom is 0.294 e. The Morgan fingerprint density at radius 1 is 1.26 bits per heavy atom. The van der Waals surface area contributed by atoms with E-state index in [1.165, 1.54) is 6.07 Å². The van der Waals surface area contributed by atoms with E-state index in [9.17, 15) is 13.0 Å². The summed E-state index contributed by atoms with van der Waals surface area (Å²) in [6, 6.07) is 5.10. The normalized spacial score (nSPS) is 13.5. The zero-order valence-electron chi connectivity index (χ0n) is 12.0. The predicted molar refractivity (Wildman–Crippen MR) is 78.0 cm³/mol. The molecule has 0 spiro atoms. The smallest absolute Gasteiger partial charge is 0.282 e. The summed E-state index contributed by atoms with van der Waals surface area (Å²) in [5.74, 6) is 0.474. The van der Waals surface area contributed by atoms with Crippen molar-refractivity contribution in [3.05, 3.63) is 29.3 Å². The lowest BCUT2D eigenvalue weighted by molar-refractivity contribution is 0.442. The molecule has 4 heteroatoms. The van der Waals surface area contributed by atoms with Crippen molar-refractivity contribution in [1.82, 2.24) is 0 Å². The maximum absolute atomic E-state index is 11.4. The molecular formula is C15H24O3S. The van der Waals surface area contributed by atoms with Gasteiger partial charge in [-0.15, -0.1) is 0 Å². The van der Waals surface area contributed by atoms with Gasteiger partial charge in [-0.2, -0.15) is 8.42 Å². The van der Waals surface area contributed by atoms with E-state index >= 15 is 0 Å². The van der Waals surface area contributed by atoms with Crippen LogP contribution in [-0.2, 0) is 16.5 Å². The lowest BCUT2D eigenvalue weighted by atomic mass is 9.91. The van der Waals surface area contributed by atoms with Crippen LogP contribution < -0.4 is 0 Å². The Kier molecular flexibility index (Phi) is 6.01. The monoisotopic (exact) mass is 284 g/mol. The Bertz CT molecular complexity index is 506. The average Bonchev–Trinajstić information content (AvgIpc) is 2.32. The van der Waals surface area contributed by atoms with Crippen molar-refractivity contribution >= 4 is 10.1 Å². The van der Waals surface area contributed by atoms with Crippen molar-refractivity contribution in [1.29, 1.82) is 0 Å². The number of rotatable bonds is 7. The second-order valence-electron chi connectivity index (χ2n) is 5.21. The molecule has 0 bridgehead atoms. The minimum absolute atomic E-state index is 0.0630. The van der Waals surface area contributed by atoms with E-state index in [0.29, 0.717) is 12.3 Å². The van der Waals surface area contributed by atoms with E-state index in [2.05, 4.69) is 13.8 Å². The fraction of sp³-hybridized carbons (Fsp3) is 0.600. The summed E-state index contributed by atoms with van der Waals surface area (Å²) in [5, 5.41) is 0. The van der Waals surface area contributed by atoms with Gasteiger partial charge in [0.15, 0.2) is 0 Å². The molecule has 0 aromatic heterocycles. The molecule has 1 rings (SSSR count). The minimum atomic E-state index is -4.12. The zero-order chi connectivity index (χ0) is 14.5. The summed E-state index contributed by atoms with van der Waals surface area (Å²) < 4.78 is 32.1. The van der Waals surface area contributed by atoms with E-state index in [-0.39, 0.29) is 4.90 Å². The summed E-state index contributed by atoms with van der Waals surface area (Å²) in [7, 11) is -4.12. The van der Waals surface area contributed by atoms with E-state index < -0.39 is 10.1 Å². The van der Waals surface area contributed by atoms with Crippen LogP contribution in [0.25, 0.3) is 0 Å². The Balaban J connectivity index is 3.01. The molecule has 19 heavy (non-hydrogen) atoms. The Morgan fingerprint density at radius 3 is 2.47 bits per heavy atom. The molecule has 0 aliphatic carbocycles. The summed E-state index contributed by atoms with van der Waals surface area (Å²) in [4.78, 5) is 0.0630. The third-order valence-corrected chi connectivity index (χ3v) is 4.50. The number of hydrogen-bond acceptors (Lipinski definition) is 2. The summed E-state index contributed by atoms with van der Waals surface area (Å²) in [6.07, 6.45) is 5.15. The first-order chi connectivity index (χ1) is 8.88. The lowest BCUT2D eigenvalue weighted by Gasteiger charge is -2.16. The van der Waals surface area contributed by atoms with Crippen LogP contribution in [0.15, 0.2) is 23.1 Å². The average molecular weight is 284 g/mol. The first-order valence-electron chi connectivity index (χ1n) is 6.95. The number of aryl methyl sites for hydroxylation is 1. The number of benzene rings is 1. The van der Waals surface area contributed by atoms with Gasteiger partial charge in [0, 0.05) is 0 Å². The molecule has 108 valence electrons. The van der Waals surface area contributed by atoms with Crippen LogP contribution in [0.5, 0.6) is 0 Å². The predicted octanol–water partition coefficient (Wildman–Crippen LogP) is 4.00. The van der Waals surface area contributed by atoms with Crippen LogP contribution in [0, 0.1) is 12.8 Å². The van der Waals surface area contributed by atoms with Crippen molar-refractivity contribution < 1.29 is 13.0 Å². The second-order valence-corrected chi connectivity index (χ2v) is 6.60. The summed E-state index contributed by atoms with van der Waals surface area (Å²) >= 11 is 0. The van der Waals surface area contributed by atoms with Gasteiger partial charge in [-0.1, -0.05) is 57.2 Å². The molecule has 0 aliphatic heterocycles. The molecule has 1 aromatic rings. The van der Waals surface area contributed by atoms with Gasteiger partial charge in [0.2, 0.25) is 0 Å². The van der Waals surface area contributed by atoms with Crippen molar-refractivity contribution in [2.24, 2.45) is 5.92 Å². The molecule has 3 nitrogen and oxygen atoms in total. The number of unbranched alkanes of at least 4 members (excludes halogenated alkanes) is 1. The quantitative estimate of drug-likeness (QED) is 0.770. The molecule has 1 aromatic carbocycles. The molecule has 0 saturated carbocycles. The van der Waals surface area contributed by atoms with E-state index in [1.54, 1.807) is 6.07 Å². The van der Waals surface area contributed by atoms with Gasteiger partial charge in [-0.25, -0.2) is 0 Å². The van der Waals surface area contributed by atoms with Crippen LogP contribution in [0.2, 0.25) is 0 Å². The molecule has 0 radical (unpaired) electrons. The van der Waals surface area contributed by atoms with Crippen molar-refractivity contribution in [2.45, 2.75) is 57.8 Å². The Labute approximate surface area is 116 Å². The molecule has 0 saturated heterocycles. The van der Waals surface area contributed by atoms with Gasteiger partial charge in [-0.05, 0) is 30.9 Å². The zero-order valence-corrected chi connectivity index (χ0v) is 12.8. The second kappa shape index (κ2) is 7.06. The summed E-state index contributed by atoms with van der Waals surface area (Å²) in [5.41, 5.74) is 1.76. The van der Waals surface area contributed by atoms with Gasteiger partial charge in [0.05, 0.1) is 4.90 Å². The minimum Gasteiger partial charge on any atom is -0.282 e. The van der Waals surface area contributed by atoms with Gasteiger partial charge in [0.1, 0.15) is 0 Å². The van der Waals surface area contributed by atoms with Crippen LogP contribution in [0.3, 0.4) is 0 Å². The molecule has 0 heterocycles. The van der Waals surface area contributed by atoms with Gasteiger partial charge in [0.25, 0.3) is 10.1 Å². The highest BCUT2D eigenvalue weighted by molar-refractivity contribution is 7.85. The van der Waals surface area contributed by atoms with Crippen molar-refractivity contribution in [3.8, 4) is 0 Å². The van der Waals surface area contributed by atoms with E-state index in [0.717, 1.165) is 36.8 Å². The highest BCUT2D eigenvalue weighted by atomic mass is 32.2. The number of hydrogen-bond donors (Lipinski definition) is 1. The third kappa shape index (κ3) is 4.96. The SMILES string of the molecule is CCCCC(CC)Cc1cc(C)ccc1S(=O)(=O)O. The lowest BCUT2D eigenvalue weighted by Crippen LogP contribution is -2.09. The standard InChI is InChI=1S/C15H24O3S/c1-4-6-7-13(5-2)11-14-10-12(3)8-9-15(14)19(16,17)18/h8-10,13H,4-7,11H2,1-3H3,(H,16,17,18). The van der Waals surface area contributed by atoms with Crippen molar-refractivity contribution in [3.63, 3.8) is 0 Å². The first-order valence-corrected chi connectivity index (χ1v) is 8.39. The molecule has 0 aliphatic rings. The molecule has 0 fully saturated rings. The Morgan fingerprint density at radius 2 is 1.95 bits per heavy atom. The van der Waals surface area contributed by atoms with Crippen LogP contribution >= 0.6 is 0 Å². The molecule has 0 amide bonds. The van der Waals surface area contributed by atoms with Crippen LogP contribution in [-0.4, -0.2) is 13.0 Å². The van der Waals surface area contributed by atoms with Crippen LogP contribution in [0.1, 0.15) is 50.7 Å². The molecule has 1 N–H and O–H groups in total. The van der Waals surface area contributed by atoms with Gasteiger partial charge in [-0.3, -0.25) is 4.55 Å². The topological polar surface area (TPSA) is 54.4 Å². The fourth-order valence-electron chi connectivity index (χ4n) is 2.37.